The van der Waals surface area contributed by atoms with Gasteiger partial charge >= 0.3 is 0 Å². The van der Waals surface area contributed by atoms with E-state index in [1.54, 1.807) is 0 Å². The third kappa shape index (κ3) is 3.31. The van der Waals surface area contributed by atoms with Crippen LogP contribution in [-0.2, 0) is 13.6 Å². The molecule has 0 amide bonds. The highest BCUT2D eigenvalue weighted by Crippen LogP contribution is 2.49. The van der Waals surface area contributed by atoms with Crippen LogP contribution in [0.25, 0.3) is 0 Å². The quantitative estimate of drug-likeness (QED) is 0.822. The highest BCUT2D eigenvalue weighted by Gasteiger charge is 2.50. The summed E-state index contributed by atoms with van der Waals surface area (Å²) in [5, 5.41) is 12.8. The van der Waals surface area contributed by atoms with Gasteiger partial charge in [-0.15, -0.1) is 10.2 Å². The van der Waals surface area contributed by atoms with E-state index in [2.05, 4.69) is 50.6 Å². The molecule has 0 radical (unpaired) electrons. The Kier molecular flexibility index (Phi) is 4.84. The van der Waals surface area contributed by atoms with Crippen molar-refractivity contribution in [1.29, 1.82) is 0 Å². The lowest BCUT2D eigenvalue weighted by Crippen LogP contribution is -2.46. The van der Waals surface area contributed by atoms with Gasteiger partial charge < -0.3 is 14.0 Å². The van der Waals surface area contributed by atoms with Gasteiger partial charge in [0.05, 0.1) is 5.69 Å². The van der Waals surface area contributed by atoms with Crippen LogP contribution in [-0.4, -0.2) is 61.9 Å². The number of piperidine rings is 1. The first-order chi connectivity index (χ1) is 12.9. The average Bonchev–Trinajstić information content (AvgIpc) is 3.29. The molecule has 0 saturated carbocycles. The number of nitrogens with zero attached hydrogens (tertiary/aromatic N) is 6. The Morgan fingerprint density at radius 2 is 2.00 bits per heavy atom. The molecule has 2 aliphatic rings. The van der Waals surface area contributed by atoms with Crippen molar-refractivity contribution in [2.45, 2.75) is 59.0 Å². The molecule has 7 heteroatoms. The summed E-state index contributed by atoms with van der Waals surface area (Å²) in [6, 6.07) is 0.621. The van der Waals surface area contributed by atoms with Gasteiger partial charge in [0.1, 0.15) is 17.9 Å². The first kappa shape index (κ1) is 18.6. The van der Waals surface area contributed by atoms with Crippen LogP contribution in [0.2, 0.25) is 0 Å². The van der Waals surface area contributed by atoms with Gasteiger partial charge in [0, 0.05) is 44.2 Å². The molecule has 2 aliphatic heterocycles. The SMILES string of the molecule is Cc1noc(C)c1CN1CC(c2nncn2C)C2(CCN(C(C)C)CC2)C1. The minimum absolute atomic E-state index is 0.283. The Bertz CT molecular complexity index is 767. The van der Waals surface area contributed by atoms with Gasteiger partial charge in [0.2, 0.25) is 0 Å². The van der Waals surface area contributed by atoms with E-state index in [0.29, 0.717) is 12.0 Å². The first-order valence-corrected chi connectivity index (χ1v) is 10.1. The molecule has 1 unspecified atom stereocenters. The Hall–Kier alpha value is -1.73. The lowest BCUT2D eigenvalue weighted by Gasteiger charge is -2.43. The van der Waals surface area contributed by atoms with E-state index in [-0.39, 0.29) is 5.41 Å². The zero-order valence-corrected chi connectivity index (χ0v) is 17.3. The summed E-state index contributed by atoms with van der Waals surface area (Å²) in [6.07, 6.45) is 4.28. The van der Waals surface area contributed by atoms with E-state index < -0.39 is 0 Å². The summed E-state index contributed by atoms with van der Waals surface area (Å²) < 4.78 is 7.50. The maximum absolute atomic E-state index is 5.39. The second kappa shape index (κ2) is 7.02. The minimum Gasteiger partial charge on any atom is -0.361 e. The number of rotatable bonds is 4. The molecule has 2 saturated heterocycles. The normalized spacial score (nSPS) is 23.7. The van der Waals surface area contributed by atoms with Crippen molar-refractivity contribution in [3.8, 4) is 0 Å². The molecule has 4 rings (SSSR count). The monoisotopic (exact) mass is 372 g/mol. The first-order valence-electron chi connectivity index (χ1n) is 10.1. The average molecular weight is 373 g/mol. The topological polar surface area (TPSA) is 63.2 Å². The van der Waals surface area contributed by atoms with Gasteiger partial charge in [0.15, 0.2) is 0 Å². The Balaban J connectivity index is 1.59. The maximum atomic E-state index is 5.39. The molecule has 2 aromatic rings. The van der Waals surface area contributed by atoms with Crippen molar-refractivity contribution >= 4 is 0 Å². The summed E-state index contributed by atoms with van der Waals surface area (Å²) in [7, 11) is 2.07. The van der Waals surface area contributed by atoms with Crippen molar-refractivity contribution in [3.63, 3.8) is 0 Å². The molecule has 2 fully saturated rings. The zero-order chi connectivity index (χ0) is 19.2. The van der Waals surface area contributed by atoms with Crippen molar-refractivity contribution in [2.24, 2.45) is 12.5 Å². The number of aryl methyl sites for hydroxylation is 3. The van der Waals surface area contributed by atoms with Crippen molar-refractivity contribution in [3.05, 3.63) is 29.2 Å². The standard InChI is InChI=1S/C20H32N6O/c1-14(2)26-8-6-20(7-9-26)12-25(10-17-15(3)23-27-16(17)4)11-18(20)19-22-21-13-24(19)5/h13-14,18H,6-12H2,1-5H3. The van der Waals surface area contributed by atoms with E-state index in [9.17, 15) is 0 Å². The van der Waals surface area contributed by atoms with Crippen molar-refractivity contribution in [1.82, 2.24) is 29.7 Å². The van der Waals surface area contributed by atoms with Crippen LogP contribution in [0.3, 0.4) is 0 Å². The number of aromatic nitrogens is 4. The lowest BCUT2D eigenvalue weighted by atomic mass is 9.70. The van der Waals surface area contributed by atoms with E-state index in [0.717, 1.165) is 36.9 Å². The largest absolute Gasteiger partial charge is 0.361 e. The van der Waals surface area contributed by atoms with Gasteiger partial charge in [-0.2, -0.15) is 0 Å². The van der Waals surface area contributed by atoms with Crippen LogP contribution in [0, 0.1) is 19.3 Å². The van der Waals surface area contributed by atoms with Gasteiger partial charge in [-0.25, -0.2) is 0 Å². The summed E-state index contributed by atoms with van der Waals surface area (Å²) >= 11 is 0. The van der Waals surface area contributed by atoms with E-state index in [1.165, 1.54) is 31.5 Å². The molecule has 1 atom stereocenters. The van der Waals surface area contributed by atoms with Gasteiger partial charge in [-0.05, 0) is 59.0 Å². The highest BCUT2D eigenvalue weighted by molar-refractivity contribution is 5.22. The predicted molar refractivity (Wildman–Crippen MR) is 103 cm³/mol. The van der Waals surface area contributed by atoms with Crippen LogP contribution in [0.1, 0.15) is 55.4 Å². The smallest absolute Gasteiger partial charge is 0.138 e. The second-order valence-electron chi connectivity index (χ2n) is 8.82. The Morgan fingerprint density at radius 1 is 1.26 bits per heavy atom. The van der Waals surface area contributed by atoms with Gasteiger partial charge in [0.25, 0.3) is 0 Å². The van der Waals surface area contributed by atoms with Crippen LogP contribution in [0.5, 0.6) is 0 Å². The Morgan fingerprint density at radius 3 is 2.56 bits per heavy atom. The molecule has 148 valence electrons. The fourth-order valence-corrected chi connectivity index (χ4v) is 5.10. The van der Waals surface area contributed by atoms with E-state index in [4.69, 9.17) is 4.52 Å². The molecule has 0 aliphatic carbocycles. The molecular formula is C20H32N6O. The predicted octanol–water partition coefficient (Wildman–Crippen LogP) is 2.51. The fraction of sp³-hybridized carbons (Fsp3) is 0.750. The minimum atomic E-state index is 0.283. The van der Waals surface area contributed by atoms with E-state index in [1.807, 2.05) is 20.2 Å². The number of hydrogen-bond acceptors (Lipinski definition) is 6. The summed E-state index contributed by atoms with van der Waals surface area (Å²) in [5.41, 5.74) is 2.53. The molecule has 1 spiro atoms. The Labute approximate surface area is 161 Å². The van der Waals surface area contributed by atoms with Crippen molar-refractivity contribution in [2.75, 3.05) is 26.2 Å². The van der Waals surface area contributed by atoms with Crippen LogP contribution in [0.4, 0.5) is 0 Å². The number of likely N-dealkylation sites (tertiary alicyclic amines) is 2. The summed E-state index contributed by atoms with van der Waals surface area (Å²) in [6.45, 7) is 14.1. The van der Waals surface area contributed by atoms with Crippen LogP contribution < -0.4 is 0 Å². The number of hydrogen-bond donors (Lipinski definition) is 0. The molecule has 4 heterocycles. The molecule has 0 bridgehead atoms. The second-order valence-corrected chi connectivity index (χ2v) is 8.82. The highest BCUT2D eigenvalue weighted by atomic mass is 16.5. The van der Waals surface area contributed by atoms with E-state index >= 15 is 0 Å². The van der Waals surface area contributed by atoms with Gasteiger partial charge in [-0.3, -0.25) is 4.90 Å². The summed E-state index contributed by atoms with van der Waals surface area (Å²) in [5.74, 6) is 2.51. The molecular weight excluding hydrogens is 340 g/mol. The third-order valence-electron chi connectivity index (χ3n) is 6.86. The molecule has 7 nitrogen and oxygen atoms in total. The third-order valence-corrected chi connectivity index (χ3v) is 6.86. The molecule has 2 aromatic heterocycles. The van der Waals surface area contributed by atoms with Crippen molar-refractivity contribution < 1.29 is 4.52 Å². The lowest BCUT2D eigenvalue weighted by molar-refractivity contribution is 0.0747. The molecule has 0 N–H and O–H groups in total. The van der Waals surface area contributed by atoms with Crippen LogP contribution >= 0.6 is 0 Å². The zero-order valence-electron chi connectivity index (χ0n) is 17.3. The van der Waals surface area contributed by atoms with Gasteiger partial charge in [-0.1, -0.05) is 5.16 Å². The molecule has 0 aromatic carbocycles. The fourth-order valence-electron chi connectivity index (χ4n) is 5.10. The summed E-state index contributed by atoms with van der Waals surface area (Å²) in [4.78, 5) is 5.19. The molecule has 27 heavy (non-hydrogen) atoms. The van der Waals surface area contributed by atoms with Crippen LogP contribution in [0.15, 0.2) is 10.9 Å². The maximum Gasteiger partial charge on any atom is 0.138 e.